The van der Waals surface area contributed by atoms with Gasteiger partial charge < -0.3 is 14.6 Å². The fourth-order valence-electron chi connectivity index (χ4n) is 1.77. The topological polar surface area (TPSA) is 80.7 Å². The van der Waals surface area contributed by atoms with Gasteiger partial charge in [0.05, 0.1) is 11.1 Å². The predicted octanol–water partition coefficient (Wildman–Crippen LogP) is 3.73. The molecule has 24 heavy (non-hydrogen) atoms. The smallest absolute Gasteiger partial charge is 0.339 e. The zero-order valence-corrected chi connectivity index (χ0v) is 13.5. The maximum atomic E-state index is 11.9. The Kier molecular flexibility index (Phi) is 8.53. The molecule has 0 fully saturated rings. The van der Waals surface area contributed by atoms with Crippen molar-refractivity contribution in [2.24, 2.45) is 0 Å². The van der Waals surface area contributed by atoms with Crippen LogP contribution in [0.15, 0.2) is 54.6 Å². The minimum absolute atomic E-state index is 0.0550. The summed E-state index contributed by atoms with van der Waals surface area (Å²) in [6.07, 6.45) is 2.61. The summed E-state index contributed by atoms with van der Waals surface area (Å²) in [4.78, 5) is 32.3. The molecule has 0 unspecified atom stereocenters. The van der Waals surface area contributed by atoms with E-state index in [0.29, 0.717) is 6.42 Å². The van der Waals surface area contributed by atoms with E-state index in [4.69, 9.17) is 9.84 Å². The van der Waals surface area contributed by atoms with E-state index >= 15 is 0 Å². The second-order valence-electron chi connectivity index (χ2n) is 4.87. The molecule has 2 aromatic carbocycles. The van der Waals surface area contributed by atoms with Crippen LogP contribution in [0.3, 0.4) is 0 Å². The van der Waals surface area contributed by atoms with E-state index in [1.807, 2.05) is 37.3 Å². The van der Waals surface area contributed by atoms with Crippen LogP contribution in [0.5, 0.6) is 0 Å². The highest BCUT2D eigenvalue weighted by Crippen LogP contribution is 2.11. The normalized spacial score (nSPS) is 9.38. The lowest BCUT2D eigenvalue weighted by Gasteiger charge is -2.07. The lowest BCUT2D eigenvalue weighted by molar-refractivity contribution is -0.107. The highest BCUT2D eigenvalue weighted by molar-refractivity contribution is 6.02. The van der Waals surface area contributed by atoms with Crippen molar-refractivity contribution in [3.8, 4) is 0 Å². The molecular formula is C19H20O5. The average Bonchev–Trinajstić information content (AvgIpc) is 2.62. The molecule has 1 N–H and O–H groups in total. The molecule has 0 bridgehead atoms. The van der Waals surface area contributed by atoms with Gasteiger partial charge in [-0.25, -0.2) is 9.59 Å². The van der Waals surface area contributed by atoms with E-state index in [9.17, 15) is 14.4 Å². The molecule has 5 heteroatoms. The Bertz CT molecular complexity index is 664. The van der Waals surface area contributed by atoms with Gasteiger partial charge in [-0.15, -0.1) is 0 Å². The molecule has 5 nitrogen and oxygen atoms in total. The lowest BCUT2D eigenvalue weighted by atomic mass is 10.1. The Labute approximate surface area is 140 Å². The predicted molar refractivity (Wildman–Crippen MR) is 89.9 cm³/mol. The molecule has 0 radical (unpaired) electrons. The molecule has 0 heterocycles. The maximum absolute atomic E-state index is 11.9. The molecule has 0 aliphatic heterocycles. The molecule has 2 aromatic rings. The van der Waals surface area contributed by atoms with Crippen molar-refractivity contribution in [1.82, 2.24) is 0 Å². The maximum Gasteiger partial charge on any atom is 0.339 e. The van der Waals surface area contributed by atoms with Crippen molar-refractivity contribution in [1.29, 1.82) is 0 Å². The minimum Gasteiger partial charge on any atom is -0.478 e. The summed E-state index contributed by atoms with van der Waals surface area (Å²) in [7, 11) is 0. The van der Waals surface area contributed by atoms with Crippen LogP contribution in [-0.2, 0) is 16.1 Å². The summed E-state index contributed by atoms with van der Waals surface area (Å²) in [5.74, 6) is -1.78. The first-order valence-corrected chi connectivity index (χ1v) is 7.57. The molecule has 0 amide bonds. The molecule has 2 rings (SSSR count). The zero-order valence-electron chi connectivity index (χ0n) is 13.5. The molecular weight excluding hydrogens is 308 g/mol. The summed E-state index contributed by atoms with van der Waals surface area (Å²) in [6.45, 7) is 2.10. The monoisotopic (exact) mass is 328 g/mol. The number of benzene rings is 2. The van der Waals surface area contributed by atoms with Gasteiger partial charge in [0.25, 0.3) is 0 Å². The van der Waals surface area contributed by atoms with Crippen molar-refractivity contribution in [3.63, 3.8) is 0 Å². The second kappa shape index (κ2) is 10.7. The van der Waals surface area contributed by atoms with Gasteiger partial charge in [0.1, 0.15) is 12.9 Å². The molecule has 0 aliphatic carbocycles. The SMILES string of the molecule is CCCC=O.O=C(O)c1ccccc1C(=O)OCc1ccccc1. The third-order valence-corrected chi connectivity index (χ3v) is 3.00. The van der Waals surface area contributed by atoms with E-state index < -0.39 is 11.9 Å². The van der Waals surface area contributed by atoms with Crippen LogP contribution in [-0.4, -0.2) is 23.3 Å². The van der Waals surface area contributed by atoms with Crippen LogP contribution in [0.25, 0.3) is 0 Å². The first-order valence-electron chi connectivity index (χ1n) is 7.57. The van der Waals surface area contributed by atoms with Gasteiger partial charge in [-0.1, -0.05) is 49.4 Å². The Morgan fingerprint density at radius 1 is 1.00 bits per heavy atom. The second-order valence-corrected chi connectivity index (χ2v) is 4.87. The highest BCUT2D eigenvalue weighted by Gasteiger charge is 2.16. The van der Waals surface area contributed by atoms with E-state index in [1.54, 1.807) is 12.1 Å². The fourth-order valence-corrected chi connectivity index (χ4v) is 1.77. The standard InChI is InChI=1S/C15H12O4.C4H8O/c16-14(17)12-8-4-5-9-13(12)15(18)19-10-11-6-2-1-3-7-11;1-2-3-4-5/h1-9H,10H2,(H,16,17);4H,2-3H2,1H3. The Morgan fingerprint density at radius 2 is 1.58 bits per heavy atom. The largest absolute Gasteiger partial charge is 0.478 e. The fraction of sp³-hybridized carbons (Fsp3) is 0.211. The van der Waals surface area contributed by atoms with Crippen molar-refractivity contribution in [2.45, 2.75) is 26.4 Å². The van der Waals surface area contributed by atoms with Gasteiger partial charge >= 0.3 is 11.9 Å². The van der Waals surface area contributed by atoms with Crippen molar-refractivity contribution < 1.29 is 24.2 Å². The highest BCUT2D eigenvalue weighted by atomic mass is 16.5. The summed E-state index contributed by atoms with van der Waals surface area (Å²) in [5.41, 5.74) is 0.857. The van der Waals surface area contributed by atoms with E-state index in [1.165, 1.54) is 12.1 Å². The molecule has 0 atom stereocenters. The molecule has 0 saturated heterocycles. The number of unbranched alkanes of at least 4 members (excludes halogenated alkanes) is 1. The number of hydrogen-bond acceptors (Lipinski definition) is 4. The number of rotatable bonds is 6. The van der Waals surface area contributed by atoms with E-state index in [-0.39, 0.29) is 17.7 Å². The van der Waals surface area contributed by atoms with Gasteiger partial charge in [-0.3, -0.25) is 0 Å². The van der Waals surface area contributed by atoms with Crippen molar-refractivity contribution in [3.05, 3.63) is 71.3 Å². The summed E-state index contributed by atoms with van der Waals surface area (Å²) in [6, 6.07) is 15.2. The van der Waals surface area contributed by atoms with Crippen molar-refractivity contribution in [2.75, 3.05) is 0 Å². The van der Waals surface area contributed by atoms with Crippen molar-refractivity contribution >= 4 is 18.2 Å². The number of aldehydes is 1. The van der Waals surface area contributed by atoms with E-state index in [0.717, 1.165) is 18.3 Å². The number of hydrogen-bond donors (Lipinski definition) is 1. The molecule has 126 valence electrons. The van der Waals surface area contributed by atoms with Crippen LogP contribution in [0.4, 0.5) is 0 Å². The molecule has 0 aromatic heterocycles. The Morgan fingerprint density at radius 3 is 2.08 bits per heavy atom. The Hall–Kier alpha value is -2.95. The molecule has 0 saturated carbocycles. The number of carboxylic acid groups (broad SMARTS) is 1. The van der Waals surface area contributed by atoms with Gasteiger partial charge in [0.2, 0.25) is 0 Å². The number of carbonyl (C=O) groups excluding carboxylic acids is 2. The first kappa shape index (κ1) is 19.1. The van der Waals surface area contributed by atoms with Crippen LogP contribution in [0, 0.1) is 0 Å². The van der Waals surface area contributed by atoms with Crippen LogP contribution < -0.4 is 0 Å². The average molecular weight is 328 g/mol. The summed E-state index contributed by atoms with van der Waals surface area (Å²) >= 11 is 0. The van der Waals surface area contributed by atoms with Gasteiger partial charge in [0, 0.05) is 6.42 Å². The lowest BCUT2D eigenvalue weighted by Crippen LogP contribution is -2.11. The van der Waals surface area contributed by atoms with Crippen LogP contribution >= 0.6 is 0 Å². The molecule has 0 aliphatic rings. The number of carboxylic acids is 1. The summed E-state index contributed by atoms with van der Waals surface area (Å²) < 4.78 is 5.10. The van der Waals surface area contributed by atoms with Gasteiger partial charge in [0.15, 0.2) is 0 Å². The van der Waals surface area contributed by atoms with Crippen LogP contribution in [0.2, 0.25) is 0 Å². The first-order chi connectivity index (χ1) is 11.6. The Balaban J connectivity index is 0.000000505. The quantitative estimate of drug-likeness (QED) is 0.645. The molecule has 0 spiro atoms. The zero-order chi connectivity index (χ0) is 17.8. The number of esters is 1. The van der Waals surface area contributed by atoms with Gasteiger partial charge in [-0.2, -0.15) is 0 Å². The van der Waals surface area contributed by atoms with E-state index in [2.05, 4.69) is 0 Å². The number of carbonyl (C=O) groups is 3. The van der Waals surface area contributed by atoms with Crippen LogP contribution in [0.1, 0.15) is 46.0 Å². The third kappa shape index (κ3) is 6.44. The number of aromatic carboxylic acids is 1. The van der Waals surface area contributed by atoms with Gasteiger partial charge in [-0.05, 0) is 24.1 Å². The summed E-state index contributed by atoms with van der Waals surface area (Å²) in [5, 5.41) is 8.99. The minimum atomic E-state index is -1.15. The number of ether oxygens (including phenoxy) is 1. The third-order valence-electron chi connectivity index (χ3n) is 3.00.